The van der Waals surface area contributed by atoms with Gasteiger partial charge in [-0.1, -0.05) is 30.3 Å². The minimum Gasteiger partial charge on any atom is -0.391 e. The number of hydrogen-bond acceptors (Lipinski definition) is 1. The Morgan fingerprint density at radius 3 is 2.38 bits per heavy atom. The topological polar surface area (TPSA) is 20.2 Å². The minimum atomic E-state index is -0.392. The monoisotopic (exact) mass is 196 g/mol. The van der Waals surface area contributed by atoms with Crippen LogP contribution in [0.5, 0.6) is 0 Å². The van der Waals surface area contributed by atoms with Crippen molar-refractivity contribution in [2.45, 2.75) is 24.4 Å². The molecule has 2 rings (SSSR count). The summed E-state index contributed by atoms with van der Waals surface area (Å²) in [5.74, 6) is 0.328. The molecule has 1 aliphatic carbocycles. The summed E-state index contributed by atoms with van der Waals surface area (Å²) in [5.41, 5.74) is 1.20. The predicted octanol–water partition coefficient (Wildman–Crippen LogP) is 2.32. The molecule has 1 saturated carbocycles. The van der Waals surface area contributed by atoms with Gasteiger partial charge in [0.05, 0.1) is 6.10 Å². The van der Waals surface area contributed by atoms with Crippen molar-refractivity contribution in [1.29, 1.82) is 0 Å². The van der Waals surface area contributed by atoms with Crippen molar-refractivity contribution in [3.8, 4) is 0 Å². The molecule has 1 nitrogen and oxygen atoms in total. The van der Waals surface area contributed by atoms with Crippen molar-refractivity contribution < 1.29 is 5.11 Å². The summed E-state index contributed by atoms with van der Waals surface area (Å²) in [5, 5.41) is 9.77. The van der Waals surface area contributed by atoms with Crippen molar-refractivity contribution in [3.63, 3.8) is 0 Å². The van der Waals surface area contributed by atoms with E-state index in [1.807, 2.05) is 18.2 Å². The number of halogens is 1. The molecule has 0 saturated heterocycles. The Morgan fingerprint density at radius 2 is 1.92 bits per heavy atom. The summed E-state index contributed by atoms with van der Waals surface area (Å²) in [4.78, 5) is 0. The van der Waals surface area contributed by atoms with Crippen LogP contribution in [0.1, 0.15) is 18.4 Å². The standard InChI is InChI=1S/C11H13ClO/c12-8-10(13)11(6-7-11)9-4-2-1-3-5-9/h1-5,10,13H,6-8H2. The Morgan fingerprint density at radius 1 is 1.31 bits per heavy atom. The van der Waals surface area contributed by atoms with Crippen LogP contribution in [0.4, 0.5) is 0 Å². The summed E-state index contributed by atoms with van der Waals surface area (Å²) in [6, 6.07) is 10.2. The second-order valence-corrected chi connectivity index (χ2v) is 4.00. The first-order valence-corrected chi connectivity index (χ1v) is 5.12. The molecule has 0 aromatic heterocycles. The lowest BCUT2D eigenvalue weighted by Crippen LogP contribution is -2.27. The fourth-order valence-corrected chi connectivity index (χ4v) is 2.16. The van der Waals surface area contributed by atoms with Crippen LogP contribution < -0.4 is 0 Å². The molecule has 1 atom stereocenters. The summed E-state index contributed by atoms with van der Waals surface area (Å²) < 4.78 is 0. The number of benzene rings is 1. The number of aliphatic hydroxyl groups is 1. The zero-order chi connectivity index (χ0) is 9.31. The largest absolute Gasteiger partial charge is 0.391 e. The summed E-state index contributed by atoms with van der Waals surface area (Å²) in [7, 11) is 0. The van der Waals surface area contributed by atoms with Crippen molar-refractivity contribution >= 4 is 11.6 Å². The second kappa shape index (κ2) is 3.32. The number of hydrogen-bond donors (Lipinski definition) is 1. The van der Waals surface area contributed by atoms with Gasteiger partial charge in [0.15, 0.2) is 0 Å². The van der Waals surface area contributed by atoms with Crippen molar-refractivity contribution in [1.82, 2.24) is 0 Å². The normalized spacial score (nSPS) is 21.1. The lowest BCUT2D eigenvalue weighted by Gasteiger charge is -2.20. The van der Waals surface area contributed by atoms with Crippen molar-refractivity contribution in [3.05, 3.63) is 35.9 Å². The van der Waals surface area contributed by atoms with E-state index in [1.54, 1.807) is 0 Å². The molecule has 0 radical (unpaired) electrons. The maximum absolute atomic E-state index is 9.77. The highest BCUT2D eigenvalue weighted by Gasteiger charge is 2.49. The third-order valence-corrected chi connectivity index (χ3v) is 3.21. The molecular formula is C11H13ClO. The van der Waals surface area contributed by atoms with E-state index in [2.05, 4.69) is 12.1 Å². The number of rotatable bonds is 3. The van der Waals surface area contributed by atoms with E-state index in [4.69, 9.17) is 11.6 Å². The molecular weight excluding hydrogens is 184 g/mol. The zero-order valence-electron chi connectivity index (χ0n) is 7.41. The number of aliphatic hydroxyl groups excluding tert-OH is 1. The smallest absolute Gasteiger partial charge is 0.0771 e. The van der Waals surface area contributed by atoms with Gasteiger partial charge in [0.25, 0.3) is 0 Å². The Bertz CT molecular complexity index is 279. The molecule has 1 unspecified atom stereocenters. The molecule has 0 spiro atoms. The molecule has 1 aromatic rings. The lowest BCUT2D eigenvalue weighted by atomic mass is 9.91. The molecule has 0 heterocycles. The first-order chi connectivity index (χ1) is 6.29. The minimum absolute atomic E-state index is 0.0248. The fourth-order valence-electron chi connectivity index (χ4n) is 1.87. The summed E-state index contributed by atoms with van der Waals surface area (Å²) in [6.07, 6.45) is 1.73. The molecule has 0 bridgehead atoms. The van der Waals surface area contributed by atoms with Gasteiger partial charge in [-0.2, -0.15) is 0 Å². The van der Waals surface area contributed by atoms with E-state index in [0.717, 1.165) is 12.8 Å². The molecule has 1 fully saturated rings. The Hall–Kier alpha value is -0.530. The van der Waals surface area contributed by atoms with Crippen LogP contribution >= 0.6 is 11.6 Å². The molecule has 0 aliphatic heterocycles. The van der Waals surface area contributed by atoms with Crippen LogP contribution in [0.2, 0.25) is 0 Å². The molecule has 1 aliphatic rings. The van der Waals surface area contributed by atoms with Gasteiger partial charge in [0.1, 0.15) is 0 Å². The molecule has 1 aromatic carbocycles. The maximum Gasteiger partial charge on any atom is 0.0771 e. The van der Waals surface area contributed by atoms with Crippen molar-refractivity contribution in [2.24, 2.45) is 0 Å². The lowest BCUT2D eigenvalue weighted by molar-refractivity contribution is 0.154. The van der Waals surface area contributed by atoms with Gasteiger partial charge < -0.3 is 5.11 Å². The van der Waals surface area contributed by atoms with Gasteiger partial charge in [-0.05, 0) is 18.4 Å². The van der Waals surface area contributed by atoms with E-state index < -0.39 is 6.10 Å². The quantitative estimate of drug-likeness (QED) is 0.736. The summed E-state index contributed by atoms with van der Waals surface area (Å²) >= 11 is 5.68. The molecule has 2 heteroatoms. The highest BCUT2D eigenvalue weighted by molar-refractivity contribution is 6.18. The maximum atomic E-state index is 9.77. The second-order valence-electron chi connectivity index (χ2n) is 3.69. The Balaban J connectivity index is 2.26. The summed E-state index contributed by atoms with van der Waals surface area (Å²) in [6.45, 7) is 0. The first-order valence-electron chi connectivity index (χ1n) is 4.59. The van der Waals surface area contributed by atoms with Crippen LogP contribution in [0.25, 0.3) is 0 Å². The third-order valence-electron chi connectivity index (χ3n) is 2.92. The molecule has 0 amide bonds. The molecule has 1 N–H and O–H groups in total. The fraction of sp³-hybridized carbons (Fsp3) is 0.455. The Labute approximate surface area is 83.3 Å². The Kier molecular flexibility index (Phi) is 2.31. The van der Waals surface area contributed by atoms with Gasteiger partial charge >= 0.3 is 0 Å². The first kappa shape index (κ1) is 9.04. The van der Waals surface area contributed by atoms with E-state index in [0.29, 0.717) is 5.88 Å². The van der Waals surface area contributed by atoms with Crippen LogP contribution in [0.15, 0.2) is 30.3 Å². The van der Waals surface area contributed by atoms with Gasteiger partial charge in [-0.3, -0.25) is 0 Å². The SMILES string of the molecule is OC(CCl)C1(c2ccccc2)CC1. The number of alkyl halides is 1. The van der Waals surface area contributed by atoms with Crippen LogP contribution in [-0.2, 0) is 5.41 Å². The van der Waals surface area contributed by atoms with Crippen LogP contribution in [-0.4, -0.2) is 17.1 Å². The van der Waals surface area contributed by atoms with Crippen molar-refractivity contribution in [2.75, 3.05) is 5.88 Å². The van der Waals surface area contributed by atoms with Gasteiger partial charge in [0.2, 0.25) is 0 Å². The van der Waals surface area contributed by atoms with E-state index >= 15 is 0 Å². The average molecular weight is 197 g/mol. The highest BCUT2D eigenvalue weighted by atomic mass is 35.5. The van der Waals surface area contributed by atoms with E-state index in [-0.39, 0.29) is 5.41 Å². The van der Waals surface area contributed by atoms with E-state index in [1.165, 1.54) is 5.56 Å². The highest BCUT2D eigenvalue weighted by Crippen LogP contribution is 2.51. The zero-order valence-corrected chi connectivity index (χ0v) is 8.17. The van der Waals surface area contributed by atoms with Crippen LogP contribution in [0, 0.1) is 0 Å². The van der Waals surface area contributed by atoms with E-state index in [9.17, 15) is 5.11 Å². The average Bonchev–Trinajstić information content (AvgIpc) is 2.99. The van der Waals surface area contributed by atoms with Gasteiger partial charge in [-0.15, -0.1) is 11.6 Å². The van der Waals surface area contributed by atoms with Gasteiger partial charge in [-0.25, -0.2) is 0 Å². The molecule has 13 heavy (non-hydrogen) atoms. The third kappa shape index (κ3) is 1.47. The predicted molar refractivity (Wildman–Crippen MR) is 54.1 cm³/mol. The van der Waals surface area contributed by atoms with Crippen LogP contribution in [0.3, 0.4) is 0 Å². The van der Waals surface area contributed by atoms with Gasteiger partial charge in [0, 0.05) is 11.3 Å². The molecule has 70 valence electrons.